The second-order valence-corrected chi connectivity index (χ2v) is 8.42. The first kappa shape index (κ1) is 18.2. The minimum atomic E-state index is 0.958. The van der Waals surface area contributed by atoms with Crippen LogP contribution in [0.5, 0.6) is 0 Å². The van der Waals surface area contributed by atoms with Crippen LogP contribution in [0.2, 0.25) is 0 Å². The van der Waals surface area contributed by atoms with Crippen molar-refractivity contribution < 1.29 is 0 Å². The molecule has 0 spiro atoms. The second kappa shape index (κ2) is 11.8. The van der Waals surface area contributed by atoms with Crippen LogP contribution >= 0.6 is 8.58 Å². The Hall–Kier alpha value is 0.170. The molecule has 0 aromatic rings. The van der Waals surface area contributed by atoms with Crippen LogP contribution in [0, 0.1) is 11.8 Å². The minimum Gasteiger partial charge on any atom is -0.122 e. The van der Waals surface area contributed by atoms with Crippen LogP contribution in [0.4, 0.5) is 0 Å². The zero-order valence-corrected chi connectivity index (χ0v) is 15.2. The summed E-state index contributed by atoms with van der Waals surface area (Å²) in [6.45, 7) is 7.16. The van der Waals surface area contributed by atoms with Crippen molar-refractivity contribution in [3.05, 3.63) is 11.6 Å². The number of rotatable bonds is 5. The lowest BCUT2D eigenvalue weighted by atomic mass is 9.88. The normalized spacial score (nSPS) is 27.1. The van der Waals surface area contributed by atoms with E-state index in [1.54, 1.807) is 5.57 Å². The fourth-order valence-electron chi connectivity index (χ4n) is 3.55. The van der Waals surface area contributed by atoms with Crippen molar-refractivity contribution in [2.24, 2.45) is 11.8 Å². The van der Waals surface area contributed by atoms with E-state index in [4.69, 9.17) is 0 Å². The van der Waals surface area contributed by atoms with Crippen LogP contribution < -0.4 is 0 Å². The van der Waals surface area contributed by atoms with Gasteiger partial charge in [0.1, 0.15) is 0 Å². The Labute approximate surface area is 130 Å². The molecule has 20 heavy (non-hydrogen) atoms. The van der Waals surface area contributed by atoms with Gasteiger partial charge in [0.15, 0.2) is 0 Å². The SMILES string of the molecule is CCCC1=CCCCCC(C)CC(CPCC)CCC1. The molecule has 118 valence electrons. The van der Waals surface area contributed by atoms with Crippen molar-refractivity contribution in [1.82, 2.24) is 0 Å². The van der Waals surface area contributed by atoms with Gasteiger partial charge in [-0.05, 0) is 69.1 Å². The van der Waals surface area contributed by atoms with E-state index in [0.717, 1.165) is 11.8 Å². The third-order valence-corrected chi connectivity index (χ3v) is 6.05. The molecule has 1 aliphatic carbocycles. The standard InChI is InChI=1S/C19H37P/c1-4-10-18-12-8-6-7-11-17(3)15-19(14-9-13-18)16-20-5-2/h12,17,19-20H,4-11,13-16H2,1-3H3. The highest BCUT2D eigenvalue weighted by Gasteiger charge is 2.14. The predicted molar refractivity (Wildman–Crippen MR) is 96.3 cm³/mol. The van der Waals surface area contributed by atoms with Crippen LogP contribution in [0.25, 0.3) is 0 Å². The first-order chi connectivity index (χ1) is 9.76. The lowest BCUT2D eigenvalue weighted by molar-refractivity contribution is 0.364. The van der Waals surface area contributed by atoms with Gasteiger partial charge in [-0.15, -0.1) is 8.58 Å². The number of hydrogen-bond donors (Lipinski definition) is 0. The van der Waals surface area contributed by atoms with E-state index in [-0.39, 0.29) is 0 Å². The van der Waals surface area contributed by atoms with Gasteiger partial charge in [0.25, 0.3) is 0 Å². The largest absolute Gasteiger partial charge is 0.122 e. The van der Waals surface area contributed by atoms with E-state index in [2.05, 4.69) is 26.8 Å². The van der Waals surface area contributed by atoms with Gasteiger partial charge in [-0.2, -0.15) is 0 Å². The summed E-state index contributed by atoms with van der Waals surface area (Å²) in [6.07, 6.45) is 19.6. The molecule has 0 nitrogen and oxygen atoms in total. The molecule has 1 aliphatic rings. The maximum absolute atomic E-state index is 2.58. The van der Waals surface area contributed by atoms with Crippen LogP contribution in [0.15, 0.2) is 11.6 Å². The van der Waals surface area contributed by atoms with Crippen LogP contribution in [0.3, 0.4) is 0 Å². The van der Waals surface area contributed by atoms with Gasteiger partial charge in [0.05, 0.1) is 0 Å². The molecular formula is C19H37P. The fourth-order valence-corrected chi connectivity index (χ4v) is 4.62. The molecule has 0 aromatic heterocycles. The zero-order chi connectivity index (χ0) is 14.6. The summed E-state index contributed by atoms with van der Waals surface area (Å²) in [4.78, 5) is 0. The van der Waals surface area contributed by atoms with Gasteiger partial charge in [0.2, 0.25) is 0 Å². The first-order valence-electron chi connectivity index (χ1n) is 9.14. The van der Waals surface area contributed by atoms with Crippen molar-refractivity contribution in [2.75, 3.05) is 12.3 Å². The zero-order valence-electron chi connectivity index (χ0n) is 14.2. The lowest BCUT2D eigenvalue weighted by Crippen LogP contribution is -2.10. The summed E-state index contributed by atoms with van der Waals surface area (Å²) in [7, 11) is 1.20. The molecule has 0 N–H and O–H groups in total. The fraction of sp³-hybridized carbons (Fsp3) is 0.895. The van der Waals surface area contributed by atoms with Crippen LogP contribution in [-0.2, 0) is 0 Å². The summed E-state index contributed by atoms with van der Waals surface area (Å²) < 4.78 is 0. The van der Waals surface area contributed by atoms with Gasteiger partial charge in [-0.3, -0.25) is 0 Å². The minimum absolute atomic E-state index is 0.958. The molecule has 0 bridgehead atoms. The number of allylic oxidation sites excluding steroid dienone is 2. The molecule has 0 saturated carbocycles. The van der Waals surface area contributed by atoms with Gasteiger partial charge < -0.3 is 0 Å². The van der Waals surface area contributed by atoms with E-state index < -0.39 is 0 Å². The van der Waals surface area contributed by atoms with E-state index in [9.17, 15) is 0 Å². The Morgan fingerprint density at radius 3 is 2.75 bits per heavy atom. The number of hydrogen-bond acceptors (Lipinski definition) is 0. The Bertz CT molecular complexity index is 256. The smallest absolute Gasteiger partial charge is 0.0320 e. The van der Waals surface area contributed by atoms with Crippen molar-refractivity contribution in [2.45, 2.75) is 85.0 Å². The average molecular weight is 296 g/mol. The van der Waals surface area contributed by atoms with Gasteiger partial charge in [-0.25, -0.2) is 0 Å². The molecule has 0 amide bonds. The summed E-state index contributed by atoms with van der Waals surface area (Å²) in [5.74, 6) is 1.98. The Morgan fingerprint density at radius 2 is 2.00 bits per heavy atom. The highest BCUT2D eigenvalue weighted by Crippen LogP contribution is 2.29. The molecular weight excluding hydrogens is 259 g/mol. The highest BCUT2D eigenvalue weighted by molar-refractivity contribution is 7.37. The predicted octanol–water partition coefficient (Wildman–Crippen LogP) is 6.80. The van der Waals surface area contributed by atoms with Crippen LogP contribution in [-0.4, -0.2) is 12.3 Å². The average Bonchev–Trinajstić information content (AvgIpc) is 2.42. The van der Waals surface area contributed by atoms with Crippen molar-refractivity contribution in [1.29, 1.82) is 0 Å². The summed E-state index contributed by atoms with van der Waals surface area (Å²) >= 11 is 0. The van der Waals surface area contributed by atoms with E-state index in [0.29, 0.717) is 0 Å². The molecule has 1 heteroatoms. The van der Waals surface area contributed by atoms with E-state index in [1.807, 2.05) is 0 Å². The van der Waals surface area contributed by atoms with Gasteiger partial charge in [-0.1, -0.05) is 51.7 Å². The molecule has 3 unspecified atom stereocenters. The van der Waals surface area contributed by atoms with E-state index >= 15 is 0 Å². The Balaban J connectivity index is 2.51. The maximum Gasteiger partial charge on any atom is -0.0320 e. The summed E-state index contributed by atoms with van der Waals surface area (Å²) in [5.41, 5.74) is 1.76. The second-order valence-electron chi connectivity index (χ2n) is 6.80. The third kappa shape index (κ3) is 8.46. The van der Waals surface area contributed by atoms with Crippen molar-refractivity contribution in [3.63, 3.8) is 0 Å². The Kier molecular flexibility index (Phi) is 10.7. The third-order valence-electron chi connectivity index (χ3n) is 4.68. The van der Waals surface area contributed by atoms with Crippen molar-refractivity contribution >= 4 is 8.58 Å². The topological polar surface area (TPSA) is 0 Å². The quantitative estimate of drug-likeness (QED) is 0.386. The molecule has 0 aliphatic heterocycles. The van der Waals surface area contributed by atoms with Crippen LogP contribution in [0.1, 0.15) is 85.0 Å². The Morgan fingerprint density at radius 1 is 1.15 bits per heavy atom. The molecule has 0 fully saturated rings. The molecule has 0 heterocycles. The summed E-state index contributed by atoms with van der Waals surface area (Å²) in [6, 6.07) is 0. The molecule has 3 atom stereocenters. The van der Waals surface area contributed by atoms with Crippen molar-refractivity contribution in [3.8, 4) is 0 Å². The molecule has 1 rings (SSSR count). The van der Waals surface area contributed by atoms with Gasteiger partial charge >= 0.3 is 0 Å². The molecule has 0 saturated heterocycles. The summed E-state index contributed by atoms with van der Waals surface area (Å²) in [5, 5.41) is 0. The maximum atomic E-state index is 2.58. The molecule has 0 radical (unpaired) electrons. The molecule has 0 aromatic carbocycles. The van der Waals surface area contributed by atoms with Gasteiger partial charge in [0, 0.05) is 0 Å². The van der Waals surface area contributed by atoms with E-state index in [1.165, 1.54) is 85.1 Å². The lowest BCUT2D eigenvalue weighted by Gasteiger charge is -2.22. The first-order valence-corrected chi connectivity index (χ1v) is 10.6. The monoisotopic (exact) mass is 296 g/mol. The highest BCUT2D eigenvalue weighted by atomic mass is 31.1.